The zero-order chi connectivity index (χ0) is 23.8. The summed E-state index contributed by atoms with van der Waals surface area (Å²) in [6, 6.07) is 18.9. The van der Waals surface area contributed by atoms with Crippen LogP contribution in [-0.2, 0) is 5.75 Å². The molecule has 0 aliphatic carbocycles. The van der Waals surface area contributed by atoms with Gasteiger partial charge in [-0.25, -0.2) is 0 Å². The van der Waals surface area contributed by atoms with Gasteiger partial charge < -0.3 is 15.2 Å². The van der Waals surface area contributed by atoms with Gasteiger partial charge in [-0.1, -0.05) is 65.3 Å². The molecule has 3 aromatic carbocycles. The fraction of sp³-hybridized carbons (Fsp3) is 0.160. The van der Waals surface area contributed by atoms with Crippen LogP contribution in [0.4, 0.5) is 5.69 Å². The number of anilines is 1. The lowest BCUT2D eigenvalue weighted by Crippen LogP contribution is -2.55. The molecule has 0 unspecified atom stereocenters. The van der Waals surface area contributed by atoms with E-state index in [1.54, 1.807) is 10.7 Å². The van der Waals surface area contributed by atoms with Crippen molar-refractivity contribution in [1.82, 2.24) is 10.1 Å². The van der Waals surface area contributed by atoms with Crippen molar-refractivity contribution in [2.75, 3.05) is 12.4 Å². The van der Waals surface area contributed by atoms with Gasteiger partial charge in [0.05, 0.1) is 28.9 Å². The topological polar surface area (TPSA) is 91.1 Å². The summed E-state index contributed by atoms with van der Waals surface area (Å²) in [7, 11) is 1.47. The average molecular weight is 494 g/mol. The van der Waals surface area contributed by atoms with E-state index in [1.165, 1.54) is 30.5 Å². The average Bonchev–Trinajstić information content (AvgIpc) is 2.83. The van der Waals surface area contributed by atoms with E-state index < -0.39 is 6.17 Å². The molecule has 0 radical (unpaired) electrons. The zero-order valence-electron chi connectivity index (χ0n) is 18.5. The minimum Gasteiger partial charge on any atom is -0.504 e. The molecule has 1 atom stereocenters. The third-order valence-corrected chi connectivity index (χ3v) is 6.93. The predicted molar refractivity (Wildman–Crippen MR) is 133 cm³/mol. The number of aromatic hydroxyl groups is 1. The highest BCUT2D eigenvalue weighted by Crippen LogP contribution is 2.38. The van der Waals surface area contributed by atoms with Crippen LogP contribution in [0.1, 0.15) is 22.9 Å². The second kappa shape index (κ2) is 9.04. The standard InChI is InChI=1S/C25H21ClN4O3S/c1-14-7-9-15(10-8-14)13-34-25-28-24(32)22-16-5-3-4-6-19(16)27-23(30(22)29-25)17-11-21(33-2)20(31)12-18(17)26/h3-12,23H,13H2,1-2H3,(H2,28,29,31,32)/p+1/t23-/m0/s1. The highest BCUT2D eigenvalue weighted by atomic mass is 35.5. The summed E-state index contributed by atoms with van der Waals surface area (Å²) in [6.07, 6.45) is -0.590. The van der Waals surface area contributed by atoms with Gasteiger partial charge in [-0.15, -0.1) is 0 Å². The highest BCUT2D eigenvalue weighted by molar-refractivity contribution is 7.98. The molecule has 5 rings (SSSR count). The number of phenols is 1. The number of methoxy groups -OCH3 is 1. The molecule has 172 valence electrons. The number of thioether (sulfide) groups is 1. The fourth-order valence-corrected chi connectivity index (χ4v) is 5.00. The number of halogens is 1. The molecule has 4 aromatic rings. The van der Waals surface area contributed by atoms with Crippen LogP contribution in [0, 0.1) is 6.92 Å². The van der Waals surface area contributed by atoms with Crippen LogP contribution in [0.3, 0.4) is 0 Å². The number of aromatic nitrogens is 3. The largest absolute Gasteiger partial charge is 0.504 e. The highest BCUT2D eigenvalue weighted by Gasteiger charge is 2.39. The van der Waals surface area contributed by atoms with Crippen LogP contribution in [0.25, 0.3) is 11.3 Å². The normalized spacial score (nSPS) is 14.1. The van der Waals surface area contributed by atoms with Gasteiger partial charge in [0.1, 0.15) is 0 Å². The Morgan fingerprint density at radius 2 is 1.94 bits per heavy atom. The first-order valence-corrected chi connectivity index (χ1v) is 12.0. The van der Waals surface area contributed by atoms with Crippen LogP contribution < -0.4 is 20.3 Å². The van der Waals surface area contributed by atoms with Gasteiger partial charge >= 0.3 is 11.3 Å². The van der Waals surface area contributed by atoms with Crippen molar-refractivity contribution in [3.05, 3.63) is 92.7 Å². The summed E-state index contributed by atoms with van der Waals surface area (Å²) in [4.78, 5) is 16.2. The number of aryl methyl sites for hydroxylation is 1. The lowest BCUT2D eigenvalue weighted by Gasteiger charge is -2.23. The van der Waals surface area contributed by atoms with Gasteiger partial charge in [0.15, 0.2) is 11.5 Å². The number of H-pyrrole nitrogens is 1. The van der Waals surface area contributed by atoms with Crippen LogP contribution in [-0.4, -0.2) is 22.3 Å². The molecule has 3 N–H and O–H groups in total. The maximum atomic E-state index is 13.3. The van der Waals surface area contributed by atoms with E-state index in [9.17, 15) is 9.90 Å². The summed E-state index contributed by atoms with van der Waals surface area (Å²) in [6.45, 7) is 2.05. The smallest absolute Gasteiger partial charge is 0.325 e. The Morgan fingerprint density at radius 1 is 1.18 bits per heavy atom. The van der Waals surface area contributed by atoms with Gasteiger partial charge in [0, 0.05) is 16.9 Å². The molecule has 0 saturated carbocycles. The van der Waals surface area contributed by atoms with Crippen LogP contribution in [0.2, 0.25) is 5.02 Å². The minimum absolute atomic E-state index is 0.0640. The van der Waals surface area contributed by atoms with Gasteiger partial charge in [-0.2, -0.15) is 0 Å². The first-order chi connectivity index (χ1) is 16.4. The van der Waals surface area contributed by atoms with Crippen molar-refractivity contribution in [3.63, 3.8) is 0 Å². The van der Waals surface area contributed by atoms with Crippen LogP contribution >= 0.6 is 23.4 Å². The fourth-order valence-electron chi connectivity index (χ4n) is 3.93. The number of nitrogens with one attached hydrogen (secondary N) is 2. The Balaban J connectivity index is 1.61. The Morgan fingerprint density at radius 3 is 2.71 bits per heavy atom. The summed E-state index contributed by atoms with van der Waals surface area (Å²) < 4.78 is 6.94. The van der Waals surface area contributed by atoms with Crippen molar-refractivity contribution >= 4 is 29.1 Å². The van der Waals surface area contributed by atoms with Crippen molar-refractivity contribution in [2.45, 2.75) is 24.0 Å². The zero-order valence-corrected chi connectivity index (χ0v) is 20.1. The molecule has 0 amide bonds. The maximum absolute atomic E-state index is 13.3. The van der Waals surface area contributed by atoms with E-state index in [-0.39, 0.29) is 17.1 Å². The van der Waals surface area contributed by atoms with E-state index in [2.05, 4.69) is 34.6 Å². The Hall–Kier alpha value is -3.49. The molecule has 2 heterocycles. The number of benzene rings is 3. The molecular weight excluding hydrogens is 472 g/mol. The summed E-state index contributed by atoms with van der Waals surface area (Å²) in [5, 5.41) is 19.2. The third-order valence-electron chi connectivity index (χ3n) is 5.67. The summed E-state index contributed by atoms with van der Waals surface area (Å²) in [5.41, 5.74) is 4.63. The summed E-state index contributed by atoms with van der Waals surface area (Å²) in [5.74, 6) is 0.873. The number of para-hydroxylation sites is 1. The van der Waals surface area contributed by atoms with Gasteiger partial charge in [-0.3, -0.25) is 9.78 Å². The number of fused-ring (bicyclic) bond motifs is 3. The predicted octanol–water partition coefficient (Wildman–Crippen LogP) is 4.67. The molecule has 34 heavy (non-hydrogen) atoms. The maximum Gasteiger partial charge on any atom is 0.325 e. The first-order valence-electron chi connectivity index (χ1n) is 10.6. The number of rotatable bonds is 5. The van der Waals surface area contributed by atoms with Gasteiger partial charge in [-0.05, 0) is 35.4 Å². The van der Waals surface area contributed by atoms with Crippen LogP contribution in [0.15, 0.2) is 70.6 Å². The molecule has 9 heteroatoms. The van der Waals surface area contributed by atoms with Gasteiger partial charge in [0.25, 0.3) is 6.17 Å². The first kappa shape index (κ1) is 22.3. The Labute approximate surface area is 205 Å². The monoisotopic (exact) mass is 493 g/mol. The van der Waals surface area contributed by atoms with E-state index in [1.807, 2.05) is 31.2 Å². The molecule has 0 fully saturated rings. The van der Waals surface area contributed by atoms with Crippen molar-refractivity contribution in [3.8, 4) is 22.8 Å². The minimum atomic E-state index is -0.590. The number of ether oxygens (including phenoxy) is 1. The lowest BCUT2D eigenvalue weighted by molar-refractivity contribution is -0.759. The molecule has 1 aromatic heterocycles. The number of nitrogens with zero attached hydrogens (tertiary/aromatic N) is 2. The van der Waals surface area contributed by atoms with Crippen molar-refractivity contribution in [2.24, 2.45) is 0 Å². The number of hydrogen-bond donors (Lipinski definition) is 3. The lowest BCUT2D eigenvalue weighted by atomic mass is 10.0. The SMILES string of the molecule is COc1cc([C@H]2Nc3ccccc3-c3c(=O)[nH]c(SCc4ccc(C)cc4)n[n+]32)c(Cl)cc1O. The summed E-state index contributed by atoms with van der Waals surface area (Å²) >= 11 is 7.98. The molecular formula is C25H22ClN4O3S+. The van der Waals surface area contributed by atoms with Crippen LogP contribution in [0.5, 0.6) is 11.5 Å². The van der Waals surface area contributed by atoms with E-state index >= 15 is 0 Å². The van der Waals surface area contributed by atoms with Gasteiger partial charge in [0.2, 0.25) is 5.16 Å². The molecule has 0 spiro atoms. The van der Waals surface area contributed by atoms with Crippen molar-refractivity contribution < 1.29 is 14.5 Å². The quantitative estimate of drug-likeness (QED) is 0.276. The number of phenolic OH excluding ortho intramolecular Hbond substituents is 1. The molecule has 1 aliphatic heterocycles. The number of aromatic amines is 1. The number of hydrogen-bond acceptors (Lipinski definition) is 6. The van der Waals surface area contributed by atoms with E-state index in [0.29, 0.717) is 27.2 Å². The second-order valence-corrected chi connectivity index (χ2v) is 9.34. The van der Waals surface area contributed by atoms with E-state index in [4.69, 9.17) is 21.4 Å². The molecule has 0 saturated heterocycles. The third kappa shape index (κ3) is 4.10. The molecule has 0 bridgehead atoms. The second-order valence-electron chi connectivity index (χ2n) is 7.96. The van der Waals surface area contributed by atoms with Crippen molar-refractivity contribution in [1.29, 1.82) is 0 Å². The molecule has 1 aliphatic rings. The Kier molecular flexibility index (Phi) is 5.93. The Bertz CT molecular complexity index is 1440. The van der Waals surface area contributed by atoms with E-state index in [0.717, 1.165) is 16.8 Å². The molecule has 7 nitrogen and oxygen atoms in total.